The highest BCUT2D eigenvalue weighted by molar-refractivity contribution is 7.92. The minimum absolute atomic E-state index is 0.0651. The van der Waals surface area contributed by atoms with Gasteiger partial charge in [-0.15, -0.1) is 0 Å². The lowest BCUT2D eigenvalue weighted by Gasteiger charge is -2.32. The van der Waals surface area contributed by atoms with E-state index in [0.717, 1.165) is 30.4 Å². The molecule has 0 aromatic heterocycles. The van der Waals surface area contributed by atoms with Gasteiger partial charge in [-0.05, 0) is 61.1 Å². The number of hydrogen-bond donors (Lipinski definition) is 1. The summed E-state index contributed by atoms with van der Waals surface area (Å²) in [5.41, 5.74) is 2.99. The van der Waals surface area contributed by atoms with Crippen LogP contribution in [0.25, 0.3) is 0 Å². The van der Waals surface area contributed by atoms with E-state index < -0.39 is 10.0 Å². The SMILES string of the molecule is COc1ccc(C2CCN(C(=O)c3ccc(C)c(NS(C)(=O)=O)c3)CC2)cc1. The van der Waals surface area contributed by atoms with Crippen molar-refractivity contribution in [2.24, 2.45) is 0 Å². The molecule has 0 saturated carbocycles. The van der Waals surface area contributed by atoms with Crippen LogP contribution in [-0.4, -0.2) is 45.7 Å². The summed E-state index contributed by atoms with van der Waals surface area (Å²) < 4.78 is 30.7. The van der Waals surface area contributed by atoms with Gasteiger partial charge in [0.15, 0.2) is 0 Å². The van der Waals surface area contributed by atoms with Gasteiger partial charge in [0.25, 0.3) is 5.91 Å². The Morgan fingerprint density at radius 2 is 1.75 bits per heavy atom. The van der Waals surface area contributed by atoms with Gasteiger partial charge in [-0.3, -0.25) is 9.52 Å². The van der Waals surface area contributed by atoms with Crippen LogP contribution >= 0.6 is 0 Å². The Morgan fingerprint density at radius 1 is 1.11 bits per heavy atom. The molecule has 150 valence electrons. The van der Waals surface area contributed by atoms with E-state index in [-0.39, 0.29) is 5.91 Å². The maximum atomic E-state index is 12.9. The lowest BCUT2D eigenvalue weighted by atomic mass is 9.89. The zero-order chi connectivity index (χ0) is 20.3. The number of rotatable bonds is 5. The number of hydrogen-bond acceptors (Lipinski definition) is 4. The molecule has 1 N–H and O–H groups in total. The largest absolute Gasteiger partial charge is 0.497 e. The number of piperidine rings is 1. The molecule has 0 unspecified atom stereocenters. The summed E-state index contributed by atoms with van der Waals surface area (Å²) >= 11 is 0. The molecule has 6 nitrogen and oxygen atoms in total. The second kappa shape index (κ2) is 8.22. The van der Waals surface area contributed by atoms with Crippen LogP contribution in [0.1, 0.15) is 40.2 Å². The third-order valence-corrected chi connectivity index (χ3v) is 5.74. The van der Waals surface area contributed by atoms with Gasteiger partial charge >= 0.3 is 0 Å². The van der Waals surface area contributed by atoms with Gasteiger partial charge in [0.1, 0.15) is 5.75 Å². The van der Waals surface area contributed by atoms with E-state index in [9.17, 15) is 13.2 Å². The Bertz CT molecular complexity index is 947. The second-order valence-electron chi connectivity index (χ2n) is 7.24. The summed E-state index contributed by atoms with van der Waals surface area (Å²) in [4.78, 5) is 14.7. The van der Waals surface area contributed by atoms with Crippen LogP contribution in [0.2, 0.25) is 0 Å². The Balaban J connectivity index is 1.67. The van der Waals surface area contributed by atoms with Crippen molar-refractivity contribution >= 4 is 21.6 Å². The van der Waals surface area contributed by atoms with Crippen LogP contribution in [0.5, 0.6) is 5.75 Å². The normalized spacial score (nSPS) is 15.3. The van der Waals surface area contributed by atoms with Gasteiger partial charge in [-0.2, -0.15) is 0 Å². The fraction of sp³-hybridized carbons (Fsp3) is 0.381. The number of nitrogens with zero attached hydrogens (tertiary/aromatic N) is 1. The maximum absolute atomic E-state index is 12.9. The molecule has 1 saturated heterocycles. The second-order valence-corrected chi connectivity index (χ2v) is 8.99. The number of anilines is 1. The number of carbonyl (C=O) groups excluding carboxylic acids is 1. The number of likely N-dealkylation sites (tertiary alicyclic amines) is 1. The van der Waals surface area contributed by atoms with E-state index in [1.165, 1.54) is 5.56 Å². The van der Waals surface area contributed by atoms with E-state index in [1.54, 1.807) is 25.3 Å². The molecule has 1 amide bonds. The van der Waals surface area contributed by atoms with Crippen LogP contribution < -0.4 is 9.46 Å². The summed E-state index contributed by atoms with van der Waals surface area (Å²) in [5, 5.41) is 0. The first-order valence-electron chi connectivity index (χ1n) is 9.28. The average Bonchev–Trinajstić information content (AvgIpc) is 2.68. The molecule has 0 atom stereocenters. The molecule has 2 aromatic carbocycles. The first kappa shape index (κ1) is 20.2. The number of carbonyl (C=O) groups is 1. The molecule has 1 fully saturated rings. The predicted octanol–water partition coefficient (Wildman–Crippen LogP) is 3.39. The molecule has 3 rings (SSSR count). The summed E-state index contributed by atoms with van der Waals surface area (Å²) in [5.74, 6) is 1.20. The molecular weight excluding hydrogens is 376 g/mol. The predicted molar refractivity (Wildman–Crippen MR) is 111 cm³/mol. The third kappa shape index (κ3) is 4.84. The number of sulfonamides is 1. The summed E-state index contributed by atoms with van der Waals surface area (Å²) in [6, 6.07) is 13.2. The van der Waals surface area contributed by atoms with Crippen molar-refractivity contribution in [2.75, 3.05) is 31.2 Å². The number of ether oxygens (including phenoxy) is 1. The van der Waals surface area contributed by atoms with Gasteiger partial charge in [-0.25, -0.2) is 8.42 Å². The fourth-order valence-electron chi connectivity index (χ4n) is 3.54. The highest BCUT2D eigenvalue weighted by atomic mass is 32.2. The molecule has 7 heteroatoms. The van der Waals surface area contributed by atoms with Crippen molar-refractivity contribution in [2.45, 2.75) is 25.7 Å². The topological polar surface area (TPSA) is 75.7 Å². The molecule has 1 aliphatic heterocycles. The van der Waals surface area contributed by atoms with E-state index in [0.29, 0.717) is 30.3 Å². The van der Waals surface area contributed by atoms with Gasteiger partial charge in [0.2, 0.25) is 10.0 Å². The van der Waals surface area contributed by atoms with E-state index >= 15 is 0 Å². The summed E-state index contributed by atoms with van der Waals surface area (Å²) in [7, 11) is -1.74. The van der Waals surface area contributed by atoms with E-state index in [1.807, 2.05) is 24.0 Å². The van der Waals surface area contributed by atoms with Crippen molar-refractivity contribution in [3.05, 3.63) is 59.2 Å². The quantitative estimate of drug-likeness (QED) is 0.832. The number of methoxy groups -OCH3 is 1. The zero-order valence-electron chi connectivity index (χ0n) is 16.4. The van der Waals surface area contributed by atoms with Crippen molar-refractivity contribution in [3.63, 3.8) is 0 Å². The lowest BCUT2D eigenvalue weighted by molar-refractivity contribution is 0.0713. The molecule has 28 heavy (non-hydrogen) atoms. The van der Waals surface area contributed by atoms with Crippen LogP contribution in [0.15, 0.2) is 42.5 Å². The molecule has 0 spiro atoms. The van der Waals surface area contributed by atoms with Crippen molar-refractivity contribution in [3.8, 4) is 5.75 Å². The minimum atomic E-state index is -3.39. The van der Waals surface area contributed by atoms with Crippen molar-refractivity contribution in [1.29, 1.82) is 0 Å². The molecule has 1 aliphatic rings. The first-order chi connectivity index (χ1) is 13.3. The molecule has 0 aliphatic carbocycles. The highest BCUT2D eigenvalue weighted by Gasteiger charge is 2.25. The fourth-order valence-corrected chi connectivity index (χ4v) is 4.16. The van der Waals surface area contributed by atoms with Gasteiger partial charge in [0, 0.05) is 18.7 Å². The molecule has 0 radical (unpaired) electrons. The Kier molecular flexibility index (Phi) is 5.93. The maximum Gasteiger partial charge on any atom is 0.253 e. The van der Waals surface area contributed by atoms with Crippen molar-refractivity contribution in [1.82, 2.24) is 4.90 Å². The third-order valence-electron chi connectivity index (χ3n) is 5.15. The molecule has 0 bridgehead atoms. The summed E-state index contributed by atoms with van der Waals surface area (Å²) in [6.07, 6.45) is 2.90. The van der Waals surface area contributed by atoms with Crippen LogP contribution in [0.4, 0.5) is 5.69 Å². The van der Waals surface area contributed by atoms with Gasteiger partial charge in [0.05, 0.1) is 19.1 Å². The number of aryl methyl sites for hydroxylation is 1. The standard InChI is InChI=1S/C21H26N2O4S/c1-15-4-5-18(14-20(15)22-28(3,25)26)21(24)23-12-10-17(11-13-23)16-6-8-19(27-2)9-7-16/h4-9,14,17,22H,10-13H2,1-3H3. The van der Waals surface area contributed by atoms with Crippen molar-refractivity contribution < 1.29 is 17.9 Å². The van der Waals surface area contributed by atoms with Gasteiger partial charge < -0.3 is 9.64 Å². The first-order valence-corrected chi connectivity index (χ1v) is 11.2. The van der Waals surface area contributed by atoms with Crippen LogP contribution in [0.3, 0.4) is 0 Å². The van der Waals surface area contributed by atoms with Gasteiger partial charge in [-0.1, -0.05) is 18.2 Å². The molecule has 2 aromatic rings. The average molecular weight is 403 g/mol. The summed E-state index contributed by atoms with van der Waals surface area (Å²) in [6.45, 7) is 3.17. The van der Waals surface area contributed by atoms with Crippen LogP contribution in [0, 0.1) is 6.92 Å². The lowest BCUT2D eigenvalue weighted by Crippen LogP contribution is -2.38. The minimum Gasteiger partial charge on any atom is -0.497 e. The number of amides is 1. The van der Waals surface area contributed by atoms with E-state index in [2.05, 4.69) is 16.9 Å². The Morgan fingerprint density at radius 3 is 2.32 bits per heavy atom. The molecular formula is C21H26N2O4S. The monoisotopic (exact) mass is 402 g/mol. The zero-order valence-corrected chi connectivity index (χ0v) is 17.3. The molecule has 1 heterocycles. The number of benzene rings is 2. The highest BCUT2D eigenvalue weighted by Crippen LogP contribution is 2.30. The smallest absolute Gasteiger partial charge is 0.253 e. The Hall–Kier alpha value is -2.54. The number of nitrogens with one attached hydrogen (secondary N) is 1. The van der Waals surface area contributed by atoms with Crippen LogP contribution in [-0.2, 0) is 10.0 Å². The Labute approximate surface area is 166 Å². The van der Waals surface area contributed by atoms with E-state index in [4.69, 9.17) is 4.74 Å².